The number of thiazole rings is 1. The fourth-order valence-electron chi connectivity index (χ4n) is 4.14. The molecule has 3 aromatic rings. The molecular weight excluding hydrogens is 481 g/mol. The lowest BCUT2D eigenvalue weighted by Crippen LogP contribution is -2.53. The van der Waals surface area contributed by atoms with Crippen LogP contribution in [-0.2, 0) is 32.5 Å². The lowest BCUT2D eigenvalue weighted by molar-refractivity contribution is -0.159. The number of rotatable bonds is 4. The van der Waals surface area contributed by atoms with Crippen molar-refractivity contribution < 1.29 is 32.3 Å². The molecule has 0 saturated carbocycles. The molecular formula is C25H23F3N2O4S. The van der Waals surface area contributed by atoms with E-state index in [9.17, 15) is 27.6 Å². The first-order valence-corrected chi connectivity index (χ1v) is 11.6. The topological polar surface area (TPSA) is 76.6 Å². The van der Waals surface area contributed by atoms with Crippen LogP contribution >= 0.6 is 11.3 Å². The minimum absolute atomic E-state index is 0.133. The van der Waals surface area contributed by atoms with Gasteiger partial charge in [-0.3, -0.25) is 19.3 Å². The lowest BCUT2D eigenvalue weighted by Gasteiger charge is -2.39. The monoisotopic (exact) mass is 504 g/mol. The van der Waals surface area contributed by atoms with Gasteiger partial charge in [-0.1, -0.05) is 18.2 Å². The summed E-state index contributed by atoms with van der Waals surface area (Å²) in [4.78, 5) is 44.8. The smallest absolute Gasteiger partial charge is 0.416 e. The number of esters is 1. The van der Waals surface area contributed by atoms with Gasteiger partial charge in [0.2, 0.25) is 5.91 Å². The first-order valence-electron chi connectivity index (χ1n) is 10.8. The highest BCUT2D eigenvalue weighted by Gasteiger charge is 2.49. The van der Waals surface area contributed by atoms with Gasteiger partial charge in [0.1, 0.15) is 10.6 Å². The third-order valence-electron chi connectivity index (χ3n) is 5.68. The Kier molecular flexibility index (Phi) is 5.99. The summed E-state index contributed by atoms with van der Waals surface area (Å²) in [7, 11) is 0. The van der Waals surface area contributed by atoms with E-state index in [1.54, 1.807) is 52.0 Å². The molecule has 0 aliphatic carbocycles. The summed E-state index contributed by atoms with van der Waals surface area (Å²) in [5.41, 5.74) is -2.11. The SMILES string of the molecule is CC(C)(C)OC(=O)CC1(C)C(=O)N(Cc2nc3cc(C(F)(F)F)ccc3s2)C(=O)c2ccccc21. The second-order valence-corrected chi connectivity index (χ2v) is 10.7. The number of hydrogen-bond donors (Lipinski definition) is 0. The van der Waals surface area contributed by atoms with Crippen LogP contribution in [0, 0.1) is 0 Å². The van der Waals surface area contributed by atoms with Crippen LogP contribution in [0.2, 0.25) is 0 Å². The molecule has 4 rings (SSSR count). The van der Waals surface area contributed by atoms with Gasteiger partial charge in [-0.15, -0.1) is 11.3 Å². The predicted octanol–water partition coefficient (Wildman–Crippen LogP) is 5.49. The molecule has 2 amide bonds. The van der Waals surface area contributed by atoms with E-state index in [0.29, 0.717) is 15.3 Å². The molecule has 184 valence electrons. The van der Waals surface area contributed by atoms with E-state index in [1.807, 2.05) is 0 Å². The molecule has 35 heavy (non-hydrogen) atoms. The standard InChI is InChI=1S/C25H23F3N2O4S/c1-23(2,3)34-20(31)12-24(4)16-8-6-5-7-15(16)21(32)30(22(24)33)13-19-29-17-11-14(25(26,27)28)9-10-18(17)35-19/h5-11H,12-13H2,1-4H3. The maximum atomic E-state index is 13.7. The largest absolute Gasteiger partial charge is 0.460 e. The Hall–Kier alpha value is -3.27. The first-order chi connectivity index (χ1) is 16.2. The average Bonchev–Trinajstić information content (AvgIpc) is 3.15. The Bertz CT molecular complexity index is 1340. The van der Waals surface area contributed by atoms with Crippen LogP contribution in [0.15, 0.2) is 42.5 Å². The molecule has 1 unspecified atom stereocenters. The number of imide groups is 1. The van der Waals surface area contributed by atoms with Gasteiger partial charge in [-0.2, -0.15) is 13.2 Å². The maximum absolute atomic E-state index is 13.7. The summed E-state index contributed by atoms with van der Waals surface area (Å²) >= 11 is 1.10. The molecule has 0 fully saturated rings. The van der Waals surface area contributed by atoms with Crippen LogP contribution in [0.25, 0.3) is 10.2 Å². The highest BCUT2D eigenvalue weighted by molar-refractivity contribution is 7.18. The van der Waals surface area contributed by atoms with Crippen molar-refractivity contribution in [3.05, 3.63) is 64.2 Å². The molecule has 1 atom stereocenters. The van der Waals surface area contributed by atoms with Crippen molar-refractivity contribution in [2.45, 2.75) is 57.9 Å². The van der Waals surface area contributed by atoms with E-state index in [0.717, 1.165) is 28.4 Å². The average molecular weight is 505 g/mol. The van der Waals surface area contributed by atoms with Crippen LogP contribution in [0.3, 0.4) is 0 Å². The van der Waals surface area contributed by atoms with Crippen molar-refractivity contribution >= 4 is 39.3 Å². The number of ether oxygens (including phenoxy) is 1. The van der Waals surface area contributed by atoms with E-state index in [1.165, 1.54) is 6.07 Å². The van der Waals surface area contributed by atoms with Gasteiger partial charge in [0, 0.05) is 5.56 Å². The number of halogens is 3. The number of hydrogen-bond acceptors (Lipinski definition) is 6. The summed E-state index contributed by atoms with van der Waals surface area (Å²) in [6, 6.07) is 9.80. The molecule has 0 radical (unpaired) electrons. The Morgan fingerprint density at radius 3 is 2.46 bits per heavy atom. The van der Waals surface area contributed by atoms with Crippen molar-refractivity contribution in [1.82, 2.24) is 9.88 Å². The predicted molar refractivity (Wildman–Crippen MR) is 124 cm³/mol. The van der Waals surface area contributed by atoms with Crippen LogP contribution in [0.4, 0.5) is 13.2 Å². The van der Waals surface area contributed by atoms with Gasteiger partial charge in [-0.05, 0) is 57.5 Å². The fraction of sp³-hybridized carbons (Fsp3) is 0.360. The number of fused-ring (bicyclic) bond motifs is 2. The number of amides is 2. The highest BCUT2D eigenvalue weighted by Crippen LogP contribution is 2.39. The molecule has 2 aromatic carbocycles. The lowest BCUT2D eigenvalue weighted by atomic mass is 9.73. The maximum Gasteiger partial charge on any atom is 0.416 e. The van der Waals surface area contributed by atoms with E-state index in [2.05, 4.69) is 4.98 Å². The zero-order valence-corrected chi connectivity index (χ0v) is 20.3. The molecule has 2 heterocycles. The Morgan fingerprint density at radius 2 is 1.80 bits per heavy atom. The molecule has 0 spiro atoms. The number of alkyl halides is 3. The van der Waals surface area contributed by atoms with E-state index < -0.39 is 40.5 Å². The Morgan fingerprint density at radius 1 is 1.11 bits per heavy atom. The minimum Gasteiger partial charge on any atom is -0.460 e. The Labute approximate surface area is 203 Å². The number of carbonyl (C=O) groups excluding carboxylic acids is 3. The second-order valence-electron chi connectivity index (χ2n) is 9.63. The van der Waals surface area contributed by atoms with Crippen molar-refractivity contribution in [3.8, 4) is 0 Å². The van der Waals surface area contributed by atoms with Crippen molar-refractivity contribution in [2.24, 2.45) is 0 Å². The zero-order valence-electron chi connectivity index (χ0n) is 19.5. The van der Waals surface area contributed by atoms with Crippen molar-refractivity contribution in [1.29, 1.82) is 0 Å². The summed E-state index contributed by atoms with van der Waals surface area (Å²) in [5, 5.41) is 0.306. The zero-order chi connectivity index (χ0) is 25.8. The molecule has 6 nitrogen and oxygen atoms in total. The number of carbonyl (C=O) groups is 3. The first kappa shape index (κ1) is 24.8. The number of nitrogens with zero attached hydrogens (tertiary/aromatic N) is 2. The molecule has 1 aliphatic heterocycles. The summed E-state index contributed by atoms with van der Waals surface area (Å²) in [6.45, 7) is 6.52. The molecule has 1 aromatic heterocycles. The summed E-state index contributed by atoms with van der Waals surface area (Å²) in [5.74, 6) is -1.73. The van der Waals surface area contributed by atoms with E-state index >= 15 is 0 Å². The minimum atomic E-state index is -4.51. The van der Waals surface area contributed by atoms with Gasteiger partial charge in [0.25, 0.3) is 5.91 Å². The van der Waals surface area contributed by atoms with E-state index in [4.69, 9.17) is 4.74 Å². The van der Waals surface area contributed by atoms with Crippen LogP contribution in [-0.4, -0.2) is 33.3 Å². The third kappa shape index (κ3) is 4.80. The van der Waals surface area contributed by atoms with Gasteiger partial charge in [0.15, 0.2) is 0 Å². The van der Waals surface area contributed by atoms with Gasteiger partial charge < -0.3 is 4.74 Å². The van der Waals surface area contributed by atoms with Gasteiger partial charge >= 0.3 is 12.1 Å². The third-order valence-corrected chi connectivity index (χ3v) is 6.71. The molecule has 10 heteroatoms. The van der Waals surface area contributed by atoms with Gasteiger partial charge in [-0.25, -0.2) is 4.98 Å². The van der Waals surface area contributed by atoms with Gasteiger partial charge in [0.05, 0.1) is 34.2 Å². The van der Waals surface area contributed by atoms with Crippen molar-refractivity contribution in [3.63, 3.8) is 0 Å². The fourth-order valence-corrected chi connectivity index (χ4v) is 5.07. The van der Waals surface area contributed by atoms with Crippen LogP contribution < -0.4 is 0 Å². The Balaban J connectivity index is 1.70. The molecule has 0 saturated heterocycles. The highest BCUT2D eigenvalue weighted by atomic mass is 32.1. The quantitative estimate of drug-likeness (QED) is 0.347. The summed E-state index contributed by atoms with van der Waals surface area (Å²) < 4.78 is 45.1. The number of benzene rings is 2. The molecule has 0 N–H and O–H groups in total. The summed E-state index contributed by atoms with van der Waals surface area (Å²) in [6.07, 6.45) is -4.79. The normalized spacial score (nSPS) is 18.7. The molecule has 0 bridgehead atoms. The molecule has 1 aliphatic rings. The number of aromatic nitrogens is 1. The second kappa shape index (κ2) is 8.44. The van der Waals surface area contributed by atoms with Crippen LogP contribution in [0.1, 0.15) is 60.6 Å². The van der Waals surface area contributed by atoms with Crippen molar-refractivity contribution in [2.75, 3.05) is 0 Å². The van der Waals surface area contributed by atoms with Crippen LogP contribution in [0.5, 0.6) is 0 Å². The van der Waals surface area contributed by atoms with E-state index in [-0.39, 0.29) is 24.0 Å².